The molecule has 1 saturated heterocycles. The van der Waals surface area contributed by atoms with Gasteiger partial charge in [0.15, 0.2) is 9.84 Å². The molecule has 134 valence electrons. The molecule has 3 heterocycles. The molecule has 0 aliphatic carbocycles. The summed E-state index contributed by atoms with van der Waals surface area (Å²) in [7, 11) is -3.31. The zero-order valence-electron chi connectivity index (χ0n) is 14.4. The van der Waals surface area contributed by atoms with Crippen molar-refractivity contribution in [1.29, 1.82) is 0 Å². The Labute approximate surface area is 147 Å². The third-order valence-corrected chi connectivity index (χ3v) is 5.15. The Kier molecular flexibility index (Phi) is 5.03. The Bertz CT molecular complexity index is 834. The Balaban J connectivity index is 1.74. The second-order valence-electron chi connectivity index (χ2n) is 5.84. The molecule has 8 nitrogen and oxygen atoms in total. The van der Waals surface area contributed by atoms with E-state index >= 15 is 0 Å². The third kappa shape index (κ3) is 3.98. The third-order valence-electron chi connectivity index (χ3n) is 4.03. The molecule has 0 aromatic carbocycles. The number of hydrogen-bond acceptors (Lipinski definition) is 8. The molecule has 1 fully saturated rings. The molecule has 25 heavy (non-hydrogen) atoms. The fraction of sp³-hybridized carbons (Fsp3) is 0.438. The van der Waals surface area contributed by atoms with E-state index in [2.05, 4.69) is 25.2 Å². The second kappa shape index (κ2) is 7.22. The number of pyridine rings is 1. The quantitative estimate of drug-likeness (QED) is 0.843. The summed E-state index contributed by atoms with van der Waals surface area (Å²) in [6.07, 6.45) is 4.59. The molecule has 0 radical (unpaired) electrons. The first-order valence-corrected chi connectivity index (χ1v) is 10.1. The lowest BCUT2D eigenvalue weighted by Gasteiger charge is -2.36. The first-order valence-electron chi connectivity index (χ1n) is 8.21. The summed E-state index contributed by atoms with van der Waals surface area (Å²) in [5.41, 5.74) is 0. The molecule has 9 heteroatoms. The van der Waals surface area contributed by atoms with Crippen molar-refractivity contribution >= 4 is 27.4 Å². The lowest BCUT2D eigenvalue weighted by atomic mass is 10.3. The van der Waals surface area contributed by atoms with Gasteiger partial charge in [-0.1, -0.05) is 0 Å². The molecule has 1 aliphatic rings. The molecule has 0 spiro atoms. The highest BCUT2D eigenvalue weighted by molar-refractivity contribution is 7.90. The minimum atomic E-state index is -3.31. The van der Waals surface area contributed by atoms with Crippen LogP contribution in [0.2, 0.25) is 0 Å². The Hall–Kier alpha value is -2.42. The highest BCUT2D eigenvalue weighted by Gasteiger charge is 2.24. The summed E-state index contributed by atoms with van der Waals surface area (Å²) in [6.45, 7) is 5.61. The minimum Gasteiger partial charge on any atom is -0.354 e. The van der Waals surface area contributed by atoms with E-state index in [4.69, 9.17) is 0 Å². The largest absolute Gasteiger partial charge is 0.354 e. The Morgan fingerprint density at radius 3 is 2.48 bits per heavy atom. The summed E-state index contributed by atoms with van der Waals surface area (Å²) < 4.78 is 24.0. The minimum absolute atomic E-state index is 0.278. The van der Waals surface area contributed by atoms with Crippen LogP contribution in [0.3, 0.4) is 0 Å². The van der Waals surface area contributed by atoms with Gasteiger partial charge >= 0.3 is 0 Å². The summed E-state index contributed by atoms with van der Waals surface area (Å²) in [5.74, 6) is 2.02. The van der Waals surface area contributed by atoms with Gasteiger partial charge in [0, 0.05) is 51.4 Å². The monoisotopic (exact) mass is 362 g/mol. The van der Waals surface area contributed by atoms with Crippen molar-refractivity contribution in [3.63, 3.8) is 0 Å². The van der Waals surface area contributed by atoms with Gasteiger partial charge in [-0.25, -0.2) is 18.4 Å². The Morgan fingerprint density at radius 1 is 1.08 bits per heavy atom. The van der Waals surface area contributed by atoms with E-state index in [1.165, 1.54) is 6.26 Å². The maximum atomic E-state index is 12.0. The van der Waals surface area contributed by atoms with E-state index in [1.54, 1.807) is 24.5 Å². The van der Waals surface area contributed by atoms with Gasteiger partial charge in [-0.3, -0.25) is 0 Å². The van der Waals surface area contributed by atoms with Gasteiger partial charge in [0.25, 0.3) is 0 Å². The van der Waals surface area contributed by atoms with E-state index in [0.717, 1.165) is 25.5 Å². The number of sulfone groups is 1. The maximum absolute atomic E-state index is 12.0. The summed E-state index contributed by atoms with van der Waals surface area (Å²) >= 11 is 0. The Morgan fingerprint density at radius 2 is 1.80 bits per heavy atom. The van der Waals surface area contributed by atoms with Gasteiger partial charge in [0.05, 0.1) is 0 Å². The number of rotatable bonds is 5. The number of nitrogens with one attached hydrogen (secondary N) is 1. The molecule has 0 bridgehead atoms. The molecule has 0 unspecified atom stereocenters. The van der Waals surface area contributed by atoms with Gasteiger partial charge in [-0.2, -0.15) is 4.98 Å². The molecule has 1 N–H and O–H groups in total. The van der Waals surface area contributed by atoms with E-state index in [1.807, 2.05) is 17.9 Å². The average molecular weight is 362 g/mol. The van der Waals surface area contributed by atoms with Gasteiger partial charge in [0.1, 0.15) is 16.5 Å². The fourth-order valence-corrected chi connectivity index (χ4v) is 3.66. The number of anilines is 3. The summed E-state index contributed by atoms with van der Waals surface area (Å²) in [6, 6.07) is 5.15. The van der Waals surface area contributed by atoms with Crippen LogP contribution < -0.4 is 15.1 Å². The molecule has 1 aliphatic heterocycles. The number of nitrogens with zero attached hydrogens (tertiary/aromatic N) is 5. The van der Waals surface area contributed by atoms with Crippen LogP contribution in [-0.2, 0) is 9.84 Å². The summed E-state index contributed by atoms with van der Waals surface area (Å²) in [5, 5.41) is 3.11. The maximum Gasteiger partial charge on any atom is 0.224 e. The standard InChI is InChI=1S/C16H22N6O2S/c1-3-17-16-19-8-6-14(20-16)21-9-11-22(12-10-21)15-13(25(2,23)24)5-4-7-18-15/h4-8H,3,9-12H2,1-2H3,(H,17,19,20). The number of piperazine rings is 1. The van der Waals surface area contributed by atoms with Gasteiger partial charge in [0.2, 0.25) is 5.95 Å². The zero-order chi connectivity index (χ0) is 17.9. The topological polar surface area (TPSA) is 91.3 Å². The van der Waals surface area contributed by atoms with Crippen molar-refractivity contribution in [1.82, 2.24) is 15.0 Å². The number of aromatic nitrogens is 3. The first-order chi connectivity index (χ1) is 12.0. The smallest absolute Gasteiger partial charge is 0.224 e. The molecule has 0 atom stereocenters. The van der Waals surface area contributed by atoms with Crippen LogP contribution in [0.4, 0.5) is 17.6 Å². The normalized spacial score (nSPS) is 15.3. The van der Waals surface area contributed by atoms with Gasteiger partial charge < -0.3 is 15.1 Å². The van der Waals surface area contributed by atoms with Crippen LogP contribution in [0.5, 0.6) is 0 Å². The predicted octanol–water partition coefficient (Wildman–Crippen LogP) is 1.03. The van der Waals surface area contributed by atoms with E-state index < -0.39 is 9.84 Å². The lowest BCUT2D eigenvalue weighted by molar-refractivity contribution is 0.598. The van der Waals surface area contributed by atoms with Gasteiger partial charge in [-0.15, -0.1) is 0 Å². The van der Waals surface area contributed by atoms with Crippen molar-refractivity contribution in [2.24, 2.45) is 0 Å². The van der Waals surface area contributed by atoms with Crippen LogP contribution in [0.15, 0.2) is 35.5 Å². The van der Waals surface area contributed by atoms with Crippen molar-refractivity contribution in [2.75, 3.05) is 54.1 Å². The molecule has 3 rings (SSSR count). The predicted molar refractivity (Wildman–Crippen MR) is 98.0 cm³/mol. The molecular weight excluding hydrogens is 340 g/mol. The van der Waals surface area contributed by atoms with Crippen LogP contribution in [0.25, 0.3) is 0 Å². The van der Waals surface area contributed by atoms with Crippen molar-refractivity contribution in [3.8, 4) is 0 Å². The second-order valence-corrected chi connectivity index (χ2v) is 7.82. The SMILES string of the molecule is CCNc1nccc(N2CCN(c3ncccc3S(C)(=O)=O)CC2)n1. The molecule has 2 aromatic heterocycles. The zero-order valence-corrected chi connectivity index (χ0v) is 15.2. The molecule has 2 aromatic rings. The first kappa shape index (κ1) is 17.4. The fourth-order valence-electron chi connectivity index (χ4n) is 2.83. The van der Waals surface area contributed by atoms with E-state index in [0.29, 0.717) is 24.9 Å². The molecular formula is C16H22N6O2S. The van der Waals surface area contributed by atoms with E-state index in [9.17, 15) is 8.42 Å². The van der Waals surface area contributed by atoms with Gasteiger partial charge in [-0.05, 0) is 25.1 Å². The van der Waals surface area contributed by atoms with Crippen LogP contribution in [-0.4, -0.2) is 62.3 Å². The highest BCUT2D eigenvalue weighted by atomic mass is 32.2. The highest BCUT2D eigenvalue weighted by Crippen LogP contribution is 2.24. The summed E-state index contributed by atoms with van der Waals surface area (Å²) in [4.78, 5) is 17.5. The van der Waals surface area contributed by atoms with Crippen LogP contribution in [0.1, 0.15) is 6.92 Å². The van der Waals surface area contributed by atoms with Crippen LogP contribution in [0, 0.1) is 0 Å². The molecule has 0 saturated carbocycles. The van der Waals surface area contributed by atoms with Crippen molar-refractivity contribution < 1.29 is 8.42 Å². The lowest BCUT2D eigenvalue weighted by Crippen LogP contribution is -2.47. The van der Waals surface area contributed by atoms with Crippen LogP contribution >= 0.6 is 0 Å². The number of hydrogen-bond donors (Lipinski definition) is 1. The van der Waals surface area contributed by atoms with Crippen molar-refractivity contribution in [3.05, 3.63) is 30.6 Å². The van der Waals surface area contributed by atoms with E-state index in [-0.39, 0.29) is 4.90 Å². The van der Waals surface area contributed by atoms with Crippen molar-refractivity contribution in [2.45, 2.75) is 11.8 Å². The average Bonchev–Trinajstić information content (AvgIpc) is 2.62. The molecule has 0 amide bonds.